The van der Waals surface area contributed by atoms with Crippen LogP contribution < -0.4 is 4.90 Å². The van der Waals surface area contributed by atoms with Gasteiger partial charge in [-0.1, -0.05) is 36.4 Å². The second kappa shape index (κ2) is 8.17. The predicted octanol–water partition coefficient (Wildman–Crippen LogP) is 3.69. The first-order chi connectivity index (χ1) is 13.2. The standard InChI is InChI=1S/C21H22FN3OS/c22-18-7-3-1-5-16(18)15-24-10-12-25(13-11-24)19-8-4-2-6-17(19)20(26)21-23-9-14-27-21/h1-9,14,20,26H,10-13,15H2/t20-/m1/s1. The fourth-order valence-corrected chi connectivity index (χ4v) is 4.16. The van der Waals surface area contributed by atoms with Gasteiger partial charge in [0.25, 0.3) is 0 Å². The molecular weight excluding hydrogens is 361 g/mol. The zero-order valence-corrected chi connectivity index (χ0v) is 15.8. The second-order valence-corrected chi connectivity index (χ2v) is 7.61. The Labute approximate surface area is 162 Å². The zero-order chi connectivity index (χ0) is 18.6. The van der Waals surface area contributed by atoms with E-state index < -0.39 is 6.10 Å². The molecule has 3 aromatic rings. The third-order valence-corrected chi connectivity index (χ3v) is 5.81. The molecule has 0 bridgehead atoms. The van der Waals surface area contributed by atoms with Crippen molar-refractivity contribution in [3.05, 3.63) is 82.1 Å². The molecule has 0 radical (unpaired) electrons. The summed E-state index contributed by atoms with van der Waals surface area (Å²) in [6.45, 7) is 4.03. The number of aliphatic hydroxyl groups excluding tert-OH is 1. The minimum atomic E-state index is -0.711. The molecular formula is C21H22FN3OS. The van der Waals surface area contributed by atoms with Crippen molar-refractivity contribution in [1.29, 1.82) is 0 Å². The Kier molecular flexibility index (Phi) is 5.48. The Morgan fingerprint density at radius 3 is 2.52 bits per heavy atom. The number of halogens is 1. The lowest BCUT2D eigenvalue weighted by atomic mass is 10.1. The molecule has 0 saturated carbocycles. The molecule has 1 N–H and O–H groups in total. The van der Waals surface area contributed by atoms with E-state index in [1.165, 1.54) is 17.4 Å². The van der Waals surface area contributed by atoms with Crippen molar-refractivity contribution in [1.82, 2.24) is 9.88 Å². The first-order valence-electron chi connectivity index (χ1n) is 9.09. The van der Waals surface area contributed by atoms with Crippen LogP contribution in [-0.4, -0.2) is 41.2 Å². The topological polar surface area (TPSA) is 39.6 Å². The van der Waals surface area contributed by atoms with E-state index in [0.717, 1.165) is 43.0 Å². The van der Waals surface area contributed by atoms with Gasteiger partial charge in [-0.15, -0.1) is 11.3 Å². The highest BCUT2D eigenvalue weighted by Crippen LogP contribution is 2.32. The lowest BCUT2D eigenvalue weighted by molar-refractivity contribution is 0.218. The predicted molar refractivity (Wildman–Crippen MR) is 107 cm³/mol. The quantitative estimate of drug-likeness (QED) is 0.730. The summed E-state index contributed by atoms with van der Waals surface area (Å²) in [6, 6.07) is 14.9. The molecule has 6 heteroatoms. The second-order valence-electron chi connectivity index (χ2n) is 6.69. The minimum absolute atomic E-state index is 0.142. The zero-order valence-electron chi connectivity index (χ0n) is 15.0. The SMILES string of the molecule is O[C@@H](c1nccs1)c1ccccc1N1CCN(Cc2ccccc2F)CC1. The molecule has 1 aliphatic heterocycles. The maximum Gasteiger partial charge on any atom is 0.132 e. The number of rotatable bonds is 5. The van der Waals surface area contributed by atoms with E-state index >= 15 is 0 Å². The van der Waals surface area contributed by atoms with Crippen LogP contribution in [-0.2, 0) is 6.54 Å². The Morgan fingerprint density at radius 1 is 1.04 bits per heavy atom. The average Bonchev–Trinajstić information content (AvgIpc) is 3.25. The van der Waals surface area contributed by atoms with Crippen LogP contribution >= 0.6 is 11.3 Å². The van der Waals surface area contributed by atoms with Crippen molar-refractivity contribution < 1.29 is 9.50 Å². The number of aliphatic hydroxyl groups is 1. The van der Waals surface area contributed by atoms with Gasteiger partial charge in [-0.3, -0.25) is 4.90 Å². The Hall–Kier alpha value is -2.28. The van der Waals surface area contributed by atoms with E-state index in [1.54, 1.807) is 12.3 Å². The fourth-order valence-electron chi connectivity index (χ4n) is 3.52. The summed E-state index contributed by atoms with van der Waals surface area (Å²) in [6.07, 6.45) is 1.01. The third-order valence-electron chi connectivity index (χ3n) is 4.98. The van der Waals surface area contributed by atoms with Gasteiger partial charge in [0, 0.05) is 61.1 Å². The van der Waals surface area contributed by atoms with Crippen LogP contribution in [0, 0.1) is 5.82 Å². The molecule has 4 nitrogen and oxygen atoms in total. The summed E-state index contributed by atoms with van der Waals surface area (Å²) in [5.74, 6) is -0.142. The van der Waals surface area contributed by atoms with E-state index in [9.17, 15) is 9.50 Å². The average molecular weight is 383 g/mol. The number of piperazine rings is 1. The largest absolute Gasteiger partial charge is 0.381 e. The molecule has 1 fully saturated rings. The number of hydrogen-bond donors (Lipinski definition) is 1. The number of hydrogen-bond acceptors (Lipinski definition) is 5. The summed E-state index contributed by atoms with van der Waals surface area (Å²) in [5.41, 5.74) is 2.67. The highest BCUT2D eigenvalue weighted by molar-refractivity contribution is 7.09. The van der Waals surface area contributed by atoms with Gasteiger partial charge in [0.2, 0.25) is 0 Å². The van der Waals surface area contributed by atoms with Gasteiger partial charge < -0.3 is 10.0 Å². The summed E-state index contributed by atoms with van der Waals surface area (Å²) >= 11 is 1.46. The van der Waals surface area contributed by atoms with Crippen molar-refractivity contribution in [3.63, 3.8) is 0 Å². The number of aromatic nitrogens is 1. The summed E-state index contributed by atoms with van der Waals surface area (Å²) < 4.78 is 13.9. The highest BCUT2D eigenvalue weighted by Gasteiger charge is 2.23. The molecule has 1 atom stereocenters. The number of thiazole rings is 1. The monoisotopic (exact) mass is 383 g/mol. The molecule has 27 heavy (non-hydrogen) atoms. The van der Waals surface area contributed by atoms with E-state index in [4.69, 9.17) is 0 Å². The Morgan fingerprint density at radius 2 is 1.78 bits per heavy atom. The van der Waals surface area contributed by atoms with Gasteiger partial charge in [-0.05, 0) is 12.1 Å². The van der Waals surface area contributed by atoms with Crippen LogP contribution in [0.2, 0.25) is 0 Å². The molecule has 0 spiro atoms. The summed E-state index contributed by atoms with van der Waals surface area (Å²) in [5, 5.41) is 13.3. The Bertz CT molecular complexity index is 879. The molecule has 1 aliphatic rings. The molecule has 0 amide bonds. The van der Waals surface area contributed by atoms with E-state index in [1.807, 2.05) is 35.7 Å². The van der Waals surface area contributed by atoms with Gasteiger partial charge in [-0.2, -0.15) is 0 Å². The van der Waals surface area contributed by atoms with Crippen LogP contribution in [0.1, 0.15) is 22.2 Å². The van der Waals surface area contributed by atoms with Crippen molar-refractivity contribution in [2.24, 2.45) is 0 Å². The molecule has 140 valence electrons. The van der Waals surface area contributed by atoms with E-state index in [-0.39, 0.29) is 5.82 Å². The summed E-state index contributed by atoms with van der Waals surface area (Å²) in [7, 11) is 0. The van der Waals surface area contributed by atoms with Crippen molar-refractivity contribution in [2.45, 2.75) is 12.6 Å². The first-order valence-corrected chi connectivity index (χ1v) is 9.97. The van der Waals surface area contributed by atoms with Crippen molar-refractivity contribution in [2.75, 3.05) is 31.1 Å². The molecule has 1 aromatic heterocycles. The maximum absolute atomic E-state index is 13.9. The van der Waals surface area contributed by atoms with Crippen LogP contribution in [0.3, 0.4) is 0 Å². The van der Waals surface area contributed by atoms with Gasteiger partial charge in [0.1, 0.15) is 16.9 Å². The van der Waals surface area contributed by atoms with Crippen molar-refractivity contribution >= 4 is 17.0 Å². The summed E-state index contributed by atoms with van der Waals surface area (Å²) in [4.78, 5) is 8.82. The first kappa shape index (κ1) is 18.1. The lowest BCUT2D eigenvalue weighted by Gasteiger charge is -2.37. The molecule has 2 heterocycles. The van der Waals surface area contributed by atoms with Crippen LogP contribution in [0.25, 0.3) is 0 Å². The minimum Gasteiger partial charge on any atom is -0.381 e. The number of nitrogens with zero attached hydrogens (tertiary/aromatic N) is 3. The Balaban J connectivity index is 1.45. The van der Waals surface area contributed by atoms with Gasteiger partial charge in [-0.25, -0.2) is 9.37 Å². The van der Waals surface area contributed by atoms with E-state index in [2.05, 4.69) is 20.9 Å². The molecule has 1 saturated heterocycles. The maximum atomic E-state index is 13.9. The highest BCUT2D eigenvalue weighted by atomic mass is 32.1. The molecule has 4 rings (SSSR count). The van der Waals surface area contributed by atoms with Crippen molar-refractivity contribution in [3.8, 4) is 0 Å². The fraction of sp³-hybridized carbons (Fsp3) is 0.286. The van der Waals surface area contributed by atoms with Gasteiger partial charge in [0.05, 0.1) is 0 Å². The molecule has 0 aliphatic carbocycles. The van der Waals surface area contributed by atoms with Gasteiger partial charge in [0.15, 0.2) is 0 Å². The van der Waals surface area contributed by atoms with Gasteiger partial charge >= 0.3 is 0 Å². The molecule has 2 aromatic carbocycles. The number of anilines is 1. The van der Waals surface area contributed by atoms with Crippen LogP contribution in [0.5, 0.6) is 0 Å². The normalized spacial score (nSPS) is 16.4. The number of para-hydroxylation sites is 1. The lowest BCUT2D eigenvalue weighted by Crippen LogP contribution is -2.46. The van der Waals surface area contributed by atoms with Crippen LogP contribution in [0.4, 0.5) is 10.1 Å². The number of benzene rings is 2. The van der Waals surface area contributed by atoms with E-state index in [0.29, 0.717) is 11.6 Å². The third kappa shape index (κ3) is 4.03. The molecule has 0 unspecified atom stereocenters. The van der Waals surface area contributed by atoms with Crippen LogP contribution in [0.15, 0.2) is 60.1 Å². The smallest absolute Gasteiger partial charge is 0.132 e.